The highest BCUT2D eigenvalue weighted by Crippen LogP contribution is 2.54. The molecule has 1 amide bonds. The number of sulfonamides is 1. The van der Waals surface area contributed by atoms with Crippen molar-refractivity contribution in [2.45, 2.75) is 114 Å². The monoisotopic (exact) mass is 1070 g/mol. The number of nitro benzene ring substituents is 1. The van der Waals surface area contributed by atoms with Gasteiger partial charge in [-0.15, -0.1) is 0 Å². The SMILES string of the molecule is CC(C)c1ccccc1[C@@H]1CN(Cc2ccnc3c2OCC(C)(C)O3)CCN1C1CC2(C1)CN(c1ccc(C(=O)NS(=O)(=O)c3ccc(NCC4CCC(C)(O)CC4)c([N+](=O)[O-])c3)c(Oc3cnc4[nH]cc(F)c4c3)c1)C2. The van der Waals surface area contributed by atoms with Gasteiger partial charge in [0.25, 0.3) is 27.5 Å². The number of nitrogens with zero attached hydrogens (tertiary/aromatic N) is 6. The van der Waals surface area contributed by atoms with Crippen LogP contribution in [0, 0.1) is 27.3 Å². The van der Waals surface area contributed by atoms with Crippen LogP contribution in [0.2, 0.25) is 0 Å². The van der Waals surface area contributed by atoms with E-state index in [9.17, 15) is 32.8 Å². The Balaban J connectivity index is 0.795. The minimum atomic E-state index is -4.65. The number of carbonyl (C=O) groups excluding carboxylic acids is 1. The molecule has 20 heteroatoms. The van der Waals surface area contributed by atoms with Crippen molar-refractivity contribution in [1.29, 1.82) is 0 Å². The molecule has 0 bridgehead atoms. The second-order valence-corrected chi connectivity index (χ2v) is 24.8. The molecule has 4 N–H and O–H groups in total. The minimum Gasteiger partial charge on any atom is -0.483 e. The normalized spacial score (nSPS) is 22.4. The zero-order valence-corrected chi connectivity index (χ0v) is 44.9. The Morgan fingerprint density at radius 3 is 2.57 bits per heavy atom. The van der Waals surface area contributed by atoms with Crippen molar-refractivity contribution in [3.8, 4) is 23.1 Å². The number of benzene rings is 3. The number of hydrogen-bond donors (Lipinski definition) is 4. The van der Waals surface area contributed by atoms with E-state index in [1.54, 1.807) is 25.3 Å². The van der Waals surface area contributed by atoms with Gasteiger partial charge in [-0.1, -0.05) is 38.1 Å². The van der Waals surface area contributed by atoms with Gasteiger partial charge >= 0.3 is 0 Å². The Kier molecular flexibility index (Phi) is 13.7. The van der Waals surface area contributed by atoms with E-state index in [0.717, 1.165) is 81.5 Å². The maximum atomic E-state index is 14.7. The van der Waals surface area contributed by atoms with Gasteiger partial charge in [-0.3, -0.25) is 24.7 Å². The van der Waals surface area contributed by atoms with Crippen LogP contribution in [0.4, 0.5) is 21.5 Å². The van der Waals surface area contributed by atoms with E-state index in [1.807, 2.05) is 19.9 Å². The van der Waals surface area contributed by atoms with Gasteiger partial charge in [-0.05, 0) is 119 Å². The molecule has 3 aromatic heterocycles. The van der Waals surface area contributed by atoms with E-state index in [0.29, 0.717) is 56.0 Å². The quantitative estimate of drug-likeness (QED) is 0.0556. The fourth-order valence-corrected chi connectivity index (χ4v) is 13.1. The zero-order valence-electron chi connectivity index (χ0n) is 44.1. The van der Waals surface area contributed by atoms with E-state index in [4.69, 9.17) is 14.2 Å². The molecular formula is C57H66FN9O9S. The lowest BCUT2D eigenvalue weighted by Crippen LogP contribution is -2.68. The number of H-pyrrole nitrogens is 1. The maximum absolute atomic E-state index is 14.7. The number of ether oxygens (including phenoxy) is 3. The summed E-state index contributed by atoms with van der Waals surface area (Å²) in [7, 11) is -4.65. The molecule has 0 radical (unpaired) electrons. The van der Waals surface area contributed by atoms with Gasteiger partial charge in [-0.2, -0.15) is 0 Å². The Morgan fingerprint density at radius 1 is 1.03 bits per heavy atom. The Bertz CT molecular complexity index is 3340. The second-order valence-electron chi connectivity index (χ2n) is 23.1. The molecule has 2 saturated carbocycles. The number of pyridine rings is 2. The summed E-state index contributed by atoms with van der Waals surface area (Å²) in [6, 6.07) is 21.2. The van der Waals surface area contributed by atoms with Gasteiger partial charge in [0.1, 0.15) is 40.9 Å². The first-order chi connectivity index (χ1) is 36.7. The third kappa shape index (κ3) is 10.8. The topological polar surface area (TPSA) is 218 Å². The molecule has 6 aromatic rings. The van der Waals surface area contributed by atoms with Gasteiger partial charge in [-0.25, -0.2) is 27.5 Å². The van der Waals surface area contributed by atoms with Crippen LogP contribution in [0.3, 0.4) is 0 Å². The van der Waals surface area contributed by atoms with E-state index in [2.05, 4.69) is 77.8 Å². The van der Waals surface area contributed by atoms with Crippen LogP contribution in [-0.2, 0) is 16.6 Å². The third-order valence-corrected chi connectivity index (χ3v) is 17.7. The molecule has 6 heterocycles. The summed E-state index contributed by atoms with van der Waals surface area (Å²) >= 11 is 0. The lowest BCUT2D eigenvalue weighted by molar-refractivity contribution is -0.384. The molecule has 11 rings (SSSR count). The van der Waals surface area contributed by atoms with Crippen LogP contribution in [-0.4, -0.2) is 112 Å². The first-order valence-corrected chi connectivity index (χ1v) is 28.1. The second kappa shape index (κ2) is 20.2. The molecule has 406 valence electrons. The smallest absolute Gasteiger partial charge is 0.293 e. The number of fused-ring (bicyclic) bond motifs is 2. The Labute approximate surface area is 447 Å². The number of amides is 1. The van der Waals surface area contributed by atoms with Crippen molar-refractivity contribution < 1.29 is 41.8 Å². The minimum absolute atomic E-state index is 0.00853. The van der Waals surface area contributed by atoms with Crippen molar-refractivity contribution in [1.82, 2.24) is 29.5 Å². The number of aromatic amines is 1. The van der Waals surface area contributed by atoms with E-state index >= 15 is 0 Å². The summed E-state index contributed by atoms with van der Waals surface area (Å²) in [5.74, 6) is 0.335. The van der Waals surface area contributed by atoms with Crippen LogP contribution >= 0.6 is 0 Å². The van der Waals surface area contributed by atoms with Crippen LogP contribution in [0.25, 0.3) is 11.0 Å². The van der Waals surface area contributed by atoms with Gasteiger partial charge in [0, 0.05) is 99.1 Å². The van der Waals surface area contributed by atoms with Gasteiger partial charge in [0.15, 0.2) is 5.75 Å². The van der Waals surface area contributed by atoms with Crippen LogP contribution < -0.4 is 29.1 Å². The number of nitro groups is 1. The van der Waals surface area contributed by atoms with Crippen LogP contribution in [0.1, 0.15) is 112 Å². The number of nitrogens with one attached hydrogen (secondary N) is 3. The van der Waals surface area contributed by atoms with Gasteiger partial charge < -0.3 is 34.5 Å². The highest BCUT2D eigenvalue weighted by atomic mass is 32.2. The van der Waals surface area contributed by atoms with Crippen molar-refractivity contribution in [2.75, 3.05) is 56.1 Å². The summed E-state index contributed by atoms with van der Waals surface area (Å²) in [4.78, 5) is 44.2. The number of anilines is 2. The molecule has 1 atom stereocenters. The van der Waals surface area contributed by atoms with E-state index in [-0.39, 0.29) is 45.5 Å². The van der Waals surface area contributed by atoms with Crippen LogP contribution in [0.15, 0.2) is 96.3 Å². The van der Waals surface area contributed by atoms with Crippen molar-refractivity contribution in [2.24, 2.45) is 11.3 Å². The summed E-state index contributed by atoms with van der Waals surface area (Å²) in [6.07, 6.45) is 9.10. The maximum Gasteiger partial charge on any atom is 0.293 e. The number of piperazine rings is 1. The standard InChI is InChI=1S/C57H66FN9O9S/c1-35(2)42-8-6-7-9-43(42)49-31-64(30-37-16-19-59-54-51(37)74-34-55(3,4)76-54)20-21-66(49)39-25-57(26-39)32-65(33-57)38-10-12-44(50(22-38)75-40-23-45-46(58)29-62-52(45)61-28-40)53(68)63-77(72,73)41-11-13-47(48(24-41)67(70)71)60-27-36-14-17-56(5,69)18-15-36/h6-13,16,19,22-24,28-29,35-36,39,49,60,69H,14-15,17-18,20-21,25-27,30-34H2,1-5H3,(H,61,62)(H,63,68)/t36?,49-,56?/m0/s1. The fourth-order valence-electron chi connectivity index (χ4n) is 12.1. The number of hydrogen-bond acceptors (Lipinski definition) is 15. The lowest BCUT2D eigenvalue weighted by Gasteiger charge is -2.63. The molecule has 77 heavy (non-hydrogen) atoms. The highest BCUT2D eigenvalue weighted by Gasteiger charge is 2.55. The lowest BCUT2D eigenvalue weighted by atomic mass is 9.59. The molecule has 0 unspecified atom stereocenters. The number of halogens is 1. The Hall–Kier alpha value is -6.87. The molecule has 5 aliphatic rings. The molecule has 3 aliphatic heterocycles. The number of rotatable bonds is 15. The number of aromatic nitrogens is 3. The first-order valence-electron chi connectivity index (χ1n) is 26.6. The zero-order chi connectivity index (χ0) is 54.0. The van der Waals surface area contributed by atoms with Crippen molar-refractivity contribution >= 4 is 44.0 Å². The molecule has 2 saturated heterocycles. The largest absolute Gasteiger partial charge is 0.483 e. The molecule has 18 nitrogen and oxygen atoms in total. The fraction of sp³-hybridized carbons (Fsp3) is 0.456. The number of aliphatic hydroxyl groups is 1. The summed E-state index contributed by atoms with van der Waals surface area (Å²) in [6.45, 7) is 16.0. The average molecular weight is 1070 g/mol. The first kappa shape index (κ1) is 52.2. The van der Waals surface area contributed by atoms with Gasteiger partial charge in [0.05, 0.1) is 32.6 Å². The predicted octanol–water partition coefficient (Wildman–Crippen LogP) is 9.47. The summed E-state index contributed by atoms with van der Waals surface area (Å²) < 4.78 is 63.3. The predicted molar refractivity (Wildman–Crippen MR) is 289 cm³/mol. The van der Waals surface area contributed by atoms with E-state index < -0.39 is 48.5 Å². The molecule has 1 spiro atoms. The molecule has 3 aromatic carbocycles. The van der Waals surface area contributed by atoms with Crippen LogP contribution in [0.5, 0.6) is 23.1 Å². The molecular weight excluding hydrogens is 1010 g/mol. The van der Waals surface area contributed by atoms with Gasteiger partial charge in [0.2, 0.25) is 0 Å². The third-order valence-electron chi connectivity index (χ3n) is 16.4. The number of carbonyl (C=O) groups is 1. The van der Waals surface area contributed by atoms with Crippen molar-refractivity contribution in [3.63, 3.8) is 0 Å². The molecule has 4 fully saturated rings. The Morgan fingerprint density at radius 2 is 1.81 bits per heavy atom. The van der Waals surface area contributed by atoms with Crippen molar-refractivity contribution in [3.05, 3.63) is 130 Å². The molecule has 2 aliphatic carbocycles. The summed E-state index contributed by atoms with van der Waals surface area (Å²) in [5, 5.41) is 25.9. The average Bonchev–Trinajstić information content (AvgIpc) is 3.83. The van der Waals surface area contributed by atoms with E-state index in [1.165, 1.54) is 47.8 Å². The summed E-state index contributed by atoms with van der Waals surface area (Å²) in [5.41, 5.74) is 3.25. The highest BCUT2D eigenvalue weighted by molar-refractivity contribution is 7.90.